The van der Waals surface area contributed by atoms with Crippen LogP contribution >= 0.6 is 0 Å². The molecule has 0 radical (unpaired) electrons. The molecule has 0 aliphatic heterocycles. The summed E-state index contributed by atoms with van der Waals surface area (Å²) in [5.74, 6) is -0.262. The van der Waals surface area contributed by atoms with Gasteiger partial charge in [-0.3, -0.25) is 0 Å². The molecule has 14 heavy (non-hydrogen) atoms. The molecule has 0 aromatic carbocycles. The highest BCUT2D eigenvalue weighted by Crippen LogP contribution is 2.13. The van der Waals surface area contributed by atoms with Gasteiger partial charge < -0.3 is 10.1 Å². The lowest BCUT2D eigenvalue weighted by Crippen LogP contribution is -2.06. The van der Waals surface area contributed by atoms with Gasteiger partial charge in [0.15, 0.2) is 0 Å². The number of hydrogen-bond acceptors (Lipinski definition) is 2. The summed E-state index contributed by atoms with van der Waals surface area (Å²) >= 11 is 0. The van der Waals surface area contributed by atoms with Crippen LogP contribution in [-0.4, -0.2) is 15.9 Å². The Bertz CT molecular complexity index is 462. The zero-order valence-corrected chi connectivity index (χ0v) is 8.00. The average molecular weight is 193 g/mol. The van der Waals surface area contributed by atoms with Gasteiger partial charge in [-0.25, -0.2) is 9.37 Å². The van der Waals surface area contributed by atoms with Crippen molar-refractivity contribution in [1.29, 1.82) is 0 Å². The van der Waals surface area contributed by atoms with Crippen LogP contribution in [0.2, 0.25) is 0 Å². The van der Waals surface area contributed by atoms with E-state index < -0.39 is 0 Å². The van der Waals surface area contributed by atoms with Crippen molar-refractivity contribution in [1.82, 2.24) is 9.38 Å². The van der Waals surface area contributed by atoms with Crippen LogP contribution in [0.3, 0.4) is 0 Å². The standard InChI is InChI=1S/C10H12FN3/c1-7-9(2-4-12)14-5-3-8(11)6-10(14)13-7/h3,5-6H,2,4,12H2,1H3. The summed E-state index contributed by atoms with van der Waals surface area (Å²) in [5, 5.41) is 0. The predicted octanol–water partition coefficient (Wildman–Crippen LogP) is 1.28. The molecule has 2 aromatic rings. The predicted molar refractivity (Wildman–Crippen MR) is 52.6 cm³/mol. The molecule has 4 heteroatoms. The topological polar surface area (TPSA) is 43.3 Å². The monoisotopic (exact) mass is 193 g/mol. The van der Waals surface area contributed by atoms with E-state index in [2.05, 4.69) is 4.98 Å². The lowest BCUT2D eigenvalue weighted by atomic mass is 10.2. The second-order valence-electron chi connectivity index (χ2n) is 3.26. The summed E-state index contributed by atoms with van der Waals surface area (Å²) < 4.78 is 14.8. The lowest BCUT2D eigenvalue weighted by Gasteiger charge is -2.00. The highest BCUT2D eigenvalue weighted by molar-refractivity contribution is 5.43. The third-order valence-corrected chi connectivity index (χ3v) is 2.27. The van der Waals surface area contributed by atoms with E-state index in [9.17, 15) is 4.39 Å². The minimum Gasteiger partial charge on any atom is -0.330 e. The number of hydrogen-bond donors (Lipinski definition) is 1. The Kier molecular flexibility index (Phi) is 2.21. The molecule has 2 heterocycles. The Morgan fingerprint density at radius 2 is 2.36 bits per heavy atom. The van der Waals surface area contributed by atoms with E-state index in [1.165, 1.54) is 12.1 Å². The van der Waals surface area contributed by atoms with Gasteiger partial charge in [0.1, 0.15) is 11.5 Å². The molecule has 0 aliphatic carbocycles. The first-order valence-corrected chi connectivity index (χ1v) is 4.55. The second-order valence-corrected chi connectivity index (χ2v) is 3.26. The normalized spacial score (nSPS) is 11.1. The van der Waals surface area contributed by atoms with Crippen molar-refractivity contribution in [3.8, 4) is 0 Å². The van der Waals surface area contributed by atoms with E-state index in [-0.39, 0.29) is 5.82 Å². The van der Waals surface area contributed by atoms with Gasteiger partial charge in [-0.05, 0) is 19.5 Å². The van der Waals surface area contributed by atoms with Crippen molar-refractivity contribution < 1.29 is 4.39 Å². The number of pyridine rings is 1. The molecule has 2 aromatic heterocycles. The van der Waals surface area contributed by atoms with Gasteiger partial charge in [-0.15, -0.1) is 0 Å². The van der Waals surface area contributed by atoms with Crippen LogP contribution in [-0.2, 0) is 6.42 Å². The Morgan fingerprint density at radius 3 is 3.07 bits per heavy atom. The summed E-state index contributed by atoms with van der Waals surface area (Å²) in [6.45, 7) is 2.49. The molecule has 74 valence electrons. The van der Waals surface area contributed by atoms with Crippen molar-refractivity contribution >= 4 is 5.65 Å². The van der Waals surface area contributed by atoms with Gasteiger partial charge in [0.25, 0.3) is 0 Å². The largest absolute Gasteiger partial charge is 0.330 e. The maximum Gasteiger partial charge on any atom is 0.140 e. The van der Waals surface area contributed by atoms with Gasteiger partial charge in [-0.2, -0.15) is 0 Å². The van der Waals surface area contributed by atoms with E-state index in [0.717, 1.165) is 17.8 Å². The van der Waals surface area contributed by atoms with Gasteiger partial charge in [0.05, 0.1) is 5.69 Å². The van der Waals surface area contributed by atoms with Crippen molar-refractivity contribution in [2.75, 3.05) is 6.54 Å². The summed E-state index contributed by atoms with van der Waals surface area (Å²) in [7, 11) is 0. The molecule has 0 saturated carbocycles. The second kappa shape index (κ2) is 3.38. The van der Waals surface area contributed by atoms with Gasteiger partial charge in [0.2, 0.25) is 0 Å². The maximum atomic E-state index is 12.9. The quantitative estimate of drug-likeness (QED) is 0.780. The molecule has 0 amide bonds. The smallest absolute Gasteiger partial charge is 0.140 e. The maximum absolute atomic E-state index is 12.9. The molecule has 2 rings (SSSR count). The fourth-order valence-corrected chi connectivity index (χ4v) is 1.63. The molecule has 2 N–H and O–H groups in total. The van der Waals surface area contributed by atoms with Crippen molar-refractivity contribution in [2.45, 2.75) is 13.3 Å². The van der Waals surface area contributed by atoms with Gasteiger partial charge in [-0.1, -0.05) is 0 Å². The van der Waals surface area contributed by atoms with Crippen LogP contribution in [0.15, 0.2) is 18.3 Å². The molecule has 0 atom stereocenters. The van der Waals surface area contributed by atoms with E-state index in [4.69, 9.17) is 5.73 Å². The molecule has 0 unspecified atom stereocenters. The van der Waals surface area contributed by atoms with Crippen LogP contribution in [0.4, 0.5) is 4.39 Å². The first-order valence-electron chi connectivity index (χ1n) is 4.55. The first-order chi connectivity index (χ1) is 6.72. The Balaban J connectivity index is 2.64. The van der Waals surface area contributed by atoms with E-state index in [1.54, 1.807) is 6.20 Å². The highest BCUT2D eigenvalue weighted by atomic mass is 19.1. The van der Waals surface area contributed by atoms with Crippen LogP contribution in [0.5, 0.6) is 0 Å². The minimum atomic E-state index is -0.262. The Hall–Kier alpha value is -1.42. The van der Waals surface area contributed by atoms with E-state index >= 15 is 0 Å². The third-order valence-electron chi connectivity index (χ3n) is 2.27. The molecule has 0 bridgehead atoms. The fraction of sp³-hybridized carbons (Fsp3) is 0.300. The van der Waals surface area contributed by atoms with Crippen molar-refractivity contribution in [3.63, 3.8) is 0 Å². The fourth-order valence-electron chi connectivity index (χ4n) is 1.63. The Morgan fingerprint density at radius 1 is 1.57 bits per heavy atom. The van der Waals surface area contributed by atoms with Crippen LogP contribution in [0.25, 0.3) is 5.65 Å². The Labute approximate surface area is 81.4 Å². The SMILES string of the molecule is Cc1nc2cc(F)ccn2c1CCN. The van der Waals surface area contributed by atoms with Crippen molar-refractivity contribution in [3.05, 3.63) is 35.5 Å². The molecule has 0 fully saturated rings. The number of nitrogens with zero attached hydrogens (tertiary/aromatic N) is 2. The molecular formula is C10H12FN3. The van der Waals surface area contributed by atoms with Crippen molar-refractivity contribution in [2.24, 2.45) is 5.73 Å². The minimum absolute atomic E-state index is 0.262. The molecule has 0 saturated heterocycles. The number of aryl methyl sites for hydroxylation is 1. The zero-order valence-electron chi connectivity index (χ0n) is 8.00. The summed E-state index contributed by atoms with van der Waals surface area (Å²) in [5.41, 5.74) is 8.11. The van der Waals surface area contributed by atoms with E-state index in [0.29, 0.717) is 12.2 Å². The number of rotatable bonds is 2. The zero-order chi connectivity index (χ0) is 10.1. The molecule has 3 nitrogen and oxygen atoms in total. The third kappa shape index (κ3) is 1.37. The van der Waals surface area contributed by atoms with Crippen LogP contribution < -0.4 is 5.73 Å². The van der Waals surface area contributed by atoms with Crippen LogP contribution in [0.1, 0.15) is 11.4 Å². The number of fused-ring (bicyclic) bond motifs is 1. The number of halogens is 1. The highest BCUT2D eigenvalue weighted by Gasteiger charge is 2.07. The number of imidazole rings is 1. The van der Waals surface area contributed by atoms with Gasteiger partial charge >= 0.3 is 0 Å². The number of nitrogens with two attached hydrogens (primary N) is 1. The first kappa shape index (κ1) is 9.15. The number of aromatic nitrogens is 2. The molecule has 0 aliphatic rings. The van der Waals surface area contributed by atoms with Gasteiger partial charge in [0, 0.05) is 24.4 Å². The van der Waals surface area contributed by atoms with E-state index in [1.807, 2.05) is 11.3 Å². The lowest BCUT2D eigenvalue weighted by molar-refractivity contribution is 0.626. The van der Waals surface area contributed by atoms with Crippen LogP contribution in [0, 0.1) is 12.7 Å². The average Bonchev–Trinajstić information content (AvgIpc) is 2.43. The summed E-state index contributed by atoms with van der Waals surface area (Å²) in [6.07, 6.45) is 2.45. The molecule has 0 spiro atoms. The summed E-state index contributed by atoms with van der Waals surface area (Å²) in [6, 6.07) is 2.85. The summed E-state index contributed by atoms with van der Waals surface area (Å²) in [4.78, 5) is 4.26. The molecular weight excluding hydrogens is 181 g/mol.